The van der Waals surface area contributed by atoms with E-state index in [1.807, 2.05) is 29.8 Å². The fourth-order valence-electron chi connectivity index (χ4n) is 1.92. The van der Waals surface area contributed by atoms with Crippen LogP contribution in [-0.4, -0.2) is 18.1 Å². The fraction of sp³-hybridized carbons (Fsp3) is 0.929. The van der Waals surface area contributed by atoms with E-state index in [1.54, 1.807) is 0 Å². The molecular weight excluding hydrogens is 341 g/mol. The number of rotatable bonds is 5. The van der Waals surface area contributed by atoms with Gasteiger partial charge in [-0.1, -0.05) is 41.5 Å². The van der Waals surface area contributed by atoms with Crippen LogP contribution in [0.2, 0.25) is 0 Å². The summed E-state index contributed by atoms with van der Waals surface area (Å²) in [6.45, 7) is 15.6. The van der Waals surface area contributed by atoms with E-state index in [9.17, 15) is 4.79 Å². The minimum Gasteiger partial charge on any atom is -0.459 e. The Hall–Kier alpha value is 0.160. The van der Waals surface area contributed by atoms with Crippen LogP contribution in [0.4, 0.5) is 0 Å². The standard InChI is InChI=1S/C14H28INO2/c1-12(2,3)10-14(7,13(4,5)6)18-11(17)8-9-16-15/h16H,8-10H2,1-7H3. The predicted octanol–water partition coefficient (Wildman–Crippen LogP) is 4.10. The lowest BCUT2D eigenvalue weighted by Crippen LogP contribution is -2.47. The fourth-order valence-corrected chi connectivity index (χ4v) is 2.19. The molecule has 108 valence electrons. The van der Waals surface area contributed by atoms with Gasteiger partial charge in [0.25, 0.3) is 0 Å². The number of halogens is 1. The van der Waals surface area contributed by atoms with Crippen molar-refractivity contribution in [1.29, 1.82) is 0 Å². The number of nitrogens with one attached hydrogen (secondary N) is 1. The van der Waals surface area contributed by atoms with Crippen molar-refractivity contribution in [1.82, 2.24) is 3.53 Å². The van der Waals surface area contributed by atoms with E-state index in [1.165, 1.54) is 0 Å². The lowest BCUT2D eigenvalue weighted by atomic mass is 9.69. The zero-order valence-corrected chi connectivity index (χ0v) is 15.0. The van der Waals surface area contributed by atoms with E-state index in [0.29, 0.717) is 13.0 Å². The van der Waals surface area contributed by atoms with Gasteiger partial charge in [-0.3, -0.25) is 8.32 Å². The van der Waals surface area contributed by atoms with Gasteiger partial charge in [0.15, 0.2) is 0 Å². The molecule has 0 aromatic carbocycles. The lowest BCUT2D eigenvalue weighted by Gasteiger charge is -2.44. The molecule has 1 N–H and O–H groups in total. The summed E-state index contributed by atoms with van der Waals surface area (Å²) in [6.07, 6.45) is 1.27. The second-order valence-electron chi connectivity index (χ2n) is 7.33. The van der Waals surface area contributed by atoms with Gasteiger partial charge in [0.2, 0.25) is 0 Å². The van der Waals surface area contributed by atoms with Gasteiger partial charge in [0.1, 0.15) is 5.60 Å². The molecule has 0 bridgehead atoms. The van der Waals surface area contributed by atoms with Crippen LogP contribution < -0.4 is 3.53 Å². The maximum absolute atomic E-state index is 11.9. The number of carbonyl (C=O) groups excluding carboxylic acids is 1. The molecule has 0 rings (SSSR count). The highest BCUT2D eigenvalue weighted by Gasteiger charge is 2.43. The molecule has 0 aromatic rings. The summed E-state index contributed by atoms with van der Waals surface area (Å²) in [5.74, 6) is -0.124. The van der Waals surface area contributed by atoms with Crippen molar-refractivity contribution in [3.63, 3.8) is 0 Å². The van der Waals surface area contributed by atoms with Crippen LogP contribution in [0, 0.1) is 10.8 Å². The van der Waals surface area contributed by atoms with Gasteiger partial charge in [-0.15, -0.1) is 0 Å². The Bertz CT molecular complexity index is 278. The molecule has 0 aliphatic heterocycles. The summed E-state index contributed by atoms with van der Waals surface area (Å²) in [7, 11) is 0. The van der Waals surface area contributed by atoms with Crippen LogP contribution in [0.1, 0.15) is 61.3 Å². The largest absolute Gasteiger partial charge is 0.459 e. The molecule has 1 unspecified atom stereocenters. The number of esters is 1. The van der Waals surface area contributed by atoms with Gasteiger partial charge in [0.05, 0.1) is 6.42 Å². The third kappa shape index (κ3) is 6.36. The molecule has 3 nitrogen and oxygen atoms in total. The summed E-state index contributed by atoms with van der Waals surface area (Å²) in [6, 6.07) is 0. The van der Waals surface area contributed by atoms with E-state index in [0.717, 1.165) is 6.42 Å². The molecule has 0 saturated heterocycles. The molecule has 0 aromatic heterocycles. The quantitative estimate of drug-likeness (QED) is 0.451. The van der Waals surface area contributed by atoms with Gasteiger partial charge in [-0.05, 0) is 18.8 Å². The number of hydrogen-bond acceptors (Lipinski definition) is 3. The van der Waals surface area contributed by atoms with Crippen molar-refractivity contribution in [3.8, 4) is 0 Å². The summed E-state index contributed by atoms with van der Waals surface area (Å²) >= 11 is 2.04. The Morgan fingerprint density at radius 2 is 1.61 bits per heavy atom. The van der Waals surface area contributed by atoms with Crippen LogP contribution in [0.15, 0.2) is 0 Å². The van der Waals surface area contributed by atoms with Gasteiger partial charge < -0.3 is 4.74 Å². The number of ether oxygens (including phenoxy) is 1. The molecule has 18 heavy (non-hydrogen) atoms. The third-order valence-electron chi connectivity index (χ3n) is 3.22. The van der Waals surface area contributed by atoms with Crippen molar-refractivity contribution < 1.29 is 9.53 Å². The normalized spacial score (nSPS) is 16.2. The Morgan fingerprint density at radius 1 is 1.11 bits per heavy atom. The molecule has 0 fully saturated rings. The van der Waals surface area contributed by atoms with Crippen molar-refractivity contribution >= 4 is 28.8 Å². The Morgan fingerprint density at radius 3 is 1.94 bits per heavy atom. The van der Waals surface area contributed by atoms with Crippen molar-refractivity contribution in [2.75, 3.05) is 6.54 Å². The summed E-state index contributed by atoms with van der Waals surface area (Å²) in [5.41, 5.74) is -0.384. The van der Waals surface area contributed by atoms with Crippen LogP contribution in [0.25, 0.3) is 0 Å². The molecule has 4 heteroatoms. The van der Waals surface area contributed by atoms with Gasteiger partial charge in [-0.25, -0.2) is 0 Å². The Balaban J connectivity index is 4.85. The Labute approximate surface area is 126 Å². The topological polar surface area (TPSA) is 38.3 Å². The first-order chi connectivity index (χ1) is 7.91. The van der Waals surface area contributed by atoms with E-state index < -0.39 is 5.60 Å². The van der Waals surface area contributed by atoms with Crippen LogP contribution in [-0.2, 0) is 9.53 Å². The van der Waals surface area contributed by atoms with Crippen LogP contribution >= 0.6 is 22.9 Å². The molecule has 0 radical (unpaired) electrons. The Kier molecular flexibility index (Phi) is 6.61. The zero-order chi connectivity index (χ0) is 14.6. The average Bonchev–Trinajstić information content (AvgIpc) is 2.09. The smallest absolute Gasteiger partial charge is 0.307 e. The summed E-state index contributed by atoms with van der Waals surface area (Å²) in [4.78, 5) is 11.9. The molecule has 1 atom stereocenters. The summed E-state index contributed by atoms with van der Waals surface area (Å²) < 4.78 is 8.74. The monoisotopic (exact) mass is 369 g/mol. The number of hydrogen-bond donors (Lipinski definition) is 1. The molecule has 0 aliphatic rings. The maximum Gasteiger partial charge on any atom is 0.307 e. The molecule has 0 aliphatic carbocycles. The van der Waals surface area contributed by atoms with Crippen molar-refractivity contribution in [2.24, 2.45) is 10.8 Å². The van der Waals surface area contributed by atoms with Gasteiger partial charge >= 0.3 is 5.97 Å². The minimum absolute atomic E-state index is 0.0757. The highest BCUT2D eigenvalue weighted by Crippen LogP contribution is 2.42. The first-order valence-corrected chi connectivity index (χ1v) is 7.54. The first kappa shape index (κ1) is 18.2. The molecule has 0 saturated carbocycles. The van der Waals surface area contributed by atoms with Gasteiger partial charge in [-0.2, -0.15) is 0 Å². The third-order valence-corrected chi connectivity index (χ3v) is 3.76. The highest BCUT2D eigenvalue weighted by molar-refractivity contribution is 14.1. The highest BCUT2D eigenvalue weighted by atomic mass is 127. The average molecular weight is 369 g/mol. The zero-order valence-electron chi connectivity index (χ0n) is 12.8. The lowest BCUT2D eigenvalue weighted by molar-refractivity contribution is -0.175. The molecular formula is C14H28INO2. The molecule has 0 spiro atoms. The second kappa shape index (κ2) is 6.55. The van der Waals surface area contributed by atoms with Crippen LogP contribution in [0.3, 0.4) is 0 Å². The van der Waals surface area contributed by atoms with Crippen molar-refractivity contribution in [2.45, 2.75) is 66.9 Å². The van der Waals surface area contributed by atoms with E-state index in [-0.39, 0.29) is 16.8 Å². The van der Waals surface area contributed by atoms with Gasteiger partial charge in [0, 0.05) is 34.8 Å². The predicted molar refractivity (Wildman–Crippen MR) is 84.7 cm³/mol. The SMILES string of the molecule is CC(C)(C)CC(C)(OC(=O)CCNI)C(C)(C)C. The van der Waals surface area contributed by atoms with E-state index >= 15 is 0 Å². The molecule has 0 heterocycles. The van der Waals surface area contributed by atoms with Crippen LogP contribution in [0.5, 0.6) is 0 Å². The first-order valence-electron chi connectivity index (χ1n) is 6.47. The van der Waals surface area contributed by atoms with Crippen molar-refractivity contribution in [3.05, 3.63) is 0 Å². The van der Waals surface area contributed by atoms with E-state index in [2.05, 4.69) is 45.1 Å². The molecule has 0 amide bonds. The summed E-state index contributed by atoms with van der Waals surface area (Å²) in [5, 5.41) is 0. The minimum atomic E-state index is -0.437. The van der Waals surface area contributed by atoms with E-state index in [4.69, 9.17) is 4.74 Å². The maximum atomic E-state index is 11.9. The second-order valence-corrected chi connectivity index (χ2v) is 8.09. The number of carbonyl (C=O) groups is 1.